The first kappa shape index (κ1) is 21.0. The number of hydrogen-bond donors (Lipinski definition) is 1. The van der Waals surface area contributed by atoms with Crippen molar-refractivity contribution in [3.05, 3.63) is 96.1 Å². The number of para-hydroxylation sites is 2. The highest BCUT2D eigenvalue weighted by atomic mass is 19.1. The molecule has 6 heteroatoms. The van der Waals surface area contributed by atoms with E-state index in [-0.39, 0.29) is 12.4 Å². The summed E-state index contributed by atoms with van der Waals surface area (Å²) in [6, 6.07) is 23.9. The summed E-state index contributed by atoms with van der Waals surface area (Å²) < 4.78 is 26.0. The normalized spacial score (nSPS) is 12.2. The van der Waals surface area contributed by atoms with Crippen LogP contribution in [0.5, 0.6) is 5.75 Å². The Morgan fingerprint density at radius 3 is 2.45 bits per heavy atom. The molecule has 1 aromatic heterocycles. The molecule has 0 saturated heterocycles. The van der Waals surface area contributed by atoms with E-state index in [2.05, 4.69) is 16.7 Å². The highest BCUT2D eigenvalue weighted by Gasteiger charge is 2.15. The minimum Gasteiger partial charge on any atom is -0.491 e. The summed E-state index contributed by atoms with van der Waals surface area (Å²) in [4.78, 5) is 4.77. The zero-order chi connectivity index (χ0) is 21.5. The average molecular weight is 420 g/mol. The van der Waals surface area contributed by atoms with Crippen LogP contribution in [0.25, 0.3) is 11.0 Å². The van der Waals surface area contributed by atoms with Crippen LogP contribution in [0.1, 0.15) is 11.4 Å². The Labute approximate surface area is 180 Å². The average Bonchev–Trinajstić information content (AvgIpc) is 3.12. The molecule has 0 amide bonds. The maximum Gasteiger partial charge on any atom is 0.123 e. The van der Waals surface area contributed by atoms with Crippen molar-refractivity contribution in [3.63, 3.8) is 0 Å². The van der Waals surface area contributed by atoms with Gasteiger partial charge in [-0.25, -0.2) is 9.37 Å². The SMILES string of the molecule is O[C@H](COCCOc1ccc(F)cc1)Cn1c(Cc2ccccc2)nc2ccccc21. The summed E-state index contributed by atoms with van der Waals surface area (Å²) in [5.41, 5.74) is 3.07. The minimum atomic E-state index is -0.682. The Morgan fingerprint density at radius 2 is 1.65 bits per heavy atom. The summed E-state index contributed by atoms with van der Waals surface area (Å²) in [5, 5.41) is 10.6. The zero-order valence-corrected chi connectivity index (χ0v) is 17.2. The van der Waals surface area contributed by atoms with E-state index in [1.54, 1.807) is 12.1 Å². The fourth-order valence-corrected chi connectivity index (χ4v) is 3.47. The predicted octanol–water partition coefficient (Wildman–Crippen LogP) is 4.22. The molecule has 3 aromatic carbocycles. The van der Waals surface area contributed by atoms with Crippen molar-refractivity contribution in [3.8, 4) is 5.75 Å². The smallest absolute Gasteiger partial charge is 0.123 e. The number of rotatable bonds is 10. The Bertz CT molecular complexity index is 1100. The fraction of sp³-hybridized carbons (Fsp3) is 0.240. The minimum absolute atomic E-state index is 0.185. The molecule has 0 aliphatic carbocycles. The number of benzene rings is 3. The second-order valence-corrected chi connectivity index (χ2v) is 7.32. The molecule has 0 fully saturated rings. The number of aliphatic hydroxyl groups excluding tert-OH is 1. The van der Waals surface area contributed by atoms with Crippen LogP contribution < -0.4 is 4.74 Å². The van der Waals surface area contributed by atoms with Crippen molar-refractivity contribution in [1.29, 1.82) is 0 Å². The third-order valence-corrected chi connectivity index (χ3v) is 4.95. The van der Waals surface area contributed by atoms with Crippen LogP contribution in [0.4, 0.5) is 4.39 Å². The lowest BCUT2D eigenvalue weighted by Gasteiger charge is -2.15. The first-order chi connectivity index (χ1) is 15.2. The number of nitrogens with zero attached hydrogens (tertiary/aromatic N) is 2. The van der Waals surface area contributed by atoms with Crippen LogP contribution in [-0.2, 0) is 17.7 Å². The van der Waals surface area contributed by atoms with Gasteiger partial charge in [0.2, 0.25) is 0 Å². The summed E-state index contributed by atoms with van der Waals surface area (Å²) in [6.07, 6.45) is 0.00664. The van der Waals surface area contributed by atoms with Crippen LogP contribution in [0.3, 0.4) is 0 Å². The summed E-state index contributed by atoms with van der Waals surface area (Å²) in [6.45, 7) is 1.23. The van der Waals surface area contributed by atoms with E-state index in [1.807, 2.05) is 42.5 Å². The fourth-order valence-electron chi connectivity index (χ4n) is 3.47. The van der Waals surface area contributed by atoms with Crippen molar-refractivity contribution in [2.24, 2.45) is 0 Å². The van der Waals surface area contributed by atoms with E-state index in [9.17, 15) is 9.50 Å². The van der Waals surface area contributed by atoms with Crippen molar-refractivity contribution in [2.45, 2.75) is 19.1 Å². The second kappa shape index (κ2) is 10.2. The lowest BCUT2D eigenvalue weighted by Crippen LogP contribution is -2.24. The lowest BCUT2D eigenvalue weighted by atomic mass is 10.1. The highest BCUT2D eigenvalue weighted by molar-refractivity contribution is 5.76. The van der Waals surface area contributed by atoms with Gasteiger partial charge in [-0.2, -0.15) is 0 Å². The standard InChI is InChI=1S/C25H25FN2O3/c26-20-10-12-22(13-11-20)31-15-14-30-18-21(29)17-28-24-9-5-4-8-23(24)27-25(28)16-19-6-2-1-3-7-19/h1-13,21,29H,14-18H2/t21-/m0/s1. The summed E-state index contributed by atoms with van der Waals surface area (Å²) >= 11 is 0. The van der Waals surface area contributed by atoms with Crippen molar-refractivity contribution >= 4 is 11.0 Å². The summed E-state index contributed by atoms with van der Waals surface area (Å²) in [7, 11) is 0. The van der Waals surface area contributed by atoms with Crippen molar-refractivity contribution < 1.29 is 19.0 Å². The van der Waals surface area contributed by atoms with Gasteiger partial charge in [0, 0.05) is 6.42 Å². The van der Waals surface area contributed by atoms with Gasteiger partial charge in [-0.1, -0.05) is 42.5 Å². The Balaban J connectivity index is 1.33. The van der Waals surface area contributed by atoms with Gasteiger partial charge in [0.05, 0.1) is 36.9 Å². The molecule has 1 atom stereocenters. The molecule has 0 aliphatic heterocycles. The van der Waals surface area contributed by atoms with Gasteiger partial charge >= 0.3 is 0 Å². The summed E-state index contributed by atoms with van der Waals surface area (Å²) in [5.74, 6) is 1.19. The van der Waals surface area contributed by atoms with E-state index in [4.69, 9.17) is 14.5 Å². The number of hydrogen-bond acceptors (Lipinski definition) is 4. The second-order valence-electron chi connectivity index (χ2n) is 7.32. The third kappa shape index (κ3) is 5.69. The molecule has 5 nitrogen and oxygen atoms in total. The molecule has 0 spiro atoms. The van der Waals surface area contributed by atoms with Gasteiger partial charge in [-0.15, -0.1) is 0 Å². The molecule has 31 heavy (non-hydrogen) atoms. The molecule has 1 N–H and O–H groups in total. The van der Waals surface area contributed by atoms with Gasteiger partial charge < -0.3 is 19.1 Å². The monoisotopic (exact) mass is 420 g/mol. The largest absolute Gasteiger partial charge is 0.491 e. The first-order valence-electron chi connectivity index (χ1n) is 10.3. The van der Waals surface area contributed by atoms with Gasteiger partial charge in [-0.3, -0.25) is 0 Å². The lowest BCUT2D eigenvalue weighted by molar-refractivity contribution is 0.0175. The number of aliphatic hydroxyl groups is 1. The van der Waals surface area contributed by atoms with Gasteiger partial charge in [0.25, 0.3) is 0 Å². The van der Waals surface area contributed by atoms with Crippen LogP contribution >= 0.6 is 0 Å². The number of halogens is 1. The molecule has 0 radical (unpaired) electrons. The predicted molar refractivity (Wildman–Crippen MR) is 118 cm³/mol. The van der Waals surface area contributed by atoms with Gasteiger partial charge in [0.15, 0.2) is 0 Å². The van der Waals surface area contributed by atoms with Crippen molar-refractivity contribution in [2.75, 3.05) is 19.8 Å². The third-order valence-electron chi connectivity index (χ3n) is 4.95. The van der Waals surface area contributed by atoms with Crippen molar-refractivity contribution in [1.82, 2.24) is 9.55 Å². The number of aromatic nitrogens is 2. The highest BCUT2D eigenvalue weighted by Crippen LogP contribution is 2.19. The van der Waals surface area contributed by atoms with Crippen LogP contribution in [0, 0.1) is 5.82 Å². The number of imidazole rings is 1. The molecule has 160 valence electrons. The number of fused-ring (bicyclic) bond motifs is 1. The van der Waals surface area contributed by atoms with Crippen LogP contribution in [0.2, 0.25) is 0 Å². The van der Waals surface area contributed by atoms with E-state index in [1.165, 1.54) is 17.7 Å². The quantitative estimate of drug-likeness (QED) is 0.390. The van der Waals surface area contributed by atoms with E-state index < -0.39 is 6.10 Å². The Kier molecular flexibility index (Phi) is 6.92. The topological polar surface area (TPSA) is 56.5 Å². The Morgan fingerprint density at radius 1 is 0.903 bits per heavy atom. The molecular formula is C25H25FN2O3. The van der Waals surface area contributed by atoms with Gasteiger partial charge in [-0.05, 0) is 42.0 Å². The molecule has 0 unspecified atom stereocenters. The van der Waals surface area contributed by atoms with Crippen LogP contribution in [-0.4, -0.2) is 40.6 Å². The molecular weight excluding hydrogens is 395 g/mol. The molecule has 0 saturated carbocycles. The molecule has 1 heterocycles. The van der Waals surface area contributed by atoms with E-state index in [0.717, 1.165) is 16.9 Å². The Hall–Kier alpha value is -3.22. The van der Waals surface area contributed by atoms with E-state index >= 15 is 0 Å². The molecule has 4 rings (SSSR count). The van der Waals surface area contributed by atoms with Gasteiger partial charge in [0.1, 0.15) is 24.0 Å². The van der Waals surface area contributed by atoms with E-state index in [0.29, 0.717) is 31.9 Å². The molecule has 4 aromatic rings. The zero-order valence-electron chi connectivity index (χ0n) is 17.2. The maximum atomic E-state index is 12.9. The van der Waals surface area contributed by atoms with Crippen LogP contribution in [0.15, 0.2) is 78.9 Å². The maximum absolute atomic E-state index is 12.9. The molecule has 0 aliphatic rings. The first-order valence-corrected chi connectivity index (χ1v) is 10.3. The number of ether oxygens (including phenoxy) is 2. The molecule has 0 bridgehead atoms.